The Morgan fingerprint density at radius 1 is 1.26 bits per heavy atom. The van der Waals surface area contributed by atoms with Crippen molar-refractivity contribution in [2.24, 2.45) is 0 Å². The average Bonchev–Trinajstić information content (AvgIpc) is 2.43. The van der Waals surface area contributed by atoms with Crippen molar-refractivity contribution in [1.82, 2.24) is 4.90 Å². The molecular weight excluding hydrogens is 264 g/mol. The fourth-order valence-electron chi connectivity index (χ4n) is 1.67. The molecule has 3 nitrogen and oxygen atoms in total. The number of halogens is 1. The number of para-hydroxylation sites is 1. The number of hydrogen-bond donors (Lipinski definition) is 0. The van der Waals surface area contributed by atoms with Gasteiger partial charge in [0.15, 0.2) is 11.6 Å². The first-order valence-electron chi connectivity index (χ1n) is 6.54. The van der Waals surface area contributed by atoms with E-state index in [1.54, 1.807) is 18.2 Å². The van der Waals surface area contributed by atoms with Crippen LogP contribution in [0.1, 0.15) is 0 Å². The summed E-state index contributed by atoms with van der Waals surface area (Å²) in [5, 5.41) is 0. The summed E-state index contributed by atoms with van der Waals surface area (Å²) in [4.78, 5) is 2.25. The molecule has 1 aliphatic rings. The van der Waals surface area contributed by atoms with Crippen LogP contribution in [0.25, 0.3) is 0 Å². The van der Waals surface area contributed by atoms with Crippen LogP contribution in [0.4, 0.5) is 4.39 Å². The summed E-state index contributed by atoms with van der Waals surface area (Å²) in [6.07, 6.45) is 0. The third-order valence-corrected chi connectivity index (χ3v) is 2.61. The SMILES string of the molecule is CPC.Fc1ccccc1OCCN1CCOCC1. The molecule has 1 aliphatic heterocycles. The van der Waals surface area contributed by atoms with Gasteiger partial charge in [-0.15, -0.1) is 8.58 Å². The largest absolute Gasteiger partial charge is 0.489 e. The lowest BCUT2D eigenvalue weighted by Crippen LogP contribution is -2.38. The standard InChI is InChI=1S/C12H16FNO2.C2H7P/c13-11-3-1-2-4-12(11)16-10-7-14-5-8-15-9-6-14;1-3-2/h1-4H,5-10H2;3H,1-2H3. The van der Waals surface area contributed by atoms with Gasteiger partial charge in [0.25, 0.3) is 0 Å². The summed E-state index contributed by atoms with van der Waals surface area (Å²) in [6, 6.07) is 6.48. The zero-order chi connectivity index (χ0) is 13.9. The van der Waals surface area contributed by atoms with Crippen LogP contribution < -0.4 is 4.74 Å². The number of nitrogens with zero attached hydrogens (tertiary/aromatic N) is 1. The Morgan fingerprint density at radius 3 is 2.53 bits per heavy atom. The van der Waals surface area contributed by atoms with E-state index in [2.05, 4.69) is 18.2 Å². The maximum atomic E-state index is 13.2. The first kappa shape index (κ1) is 16.4. The second kappa shape index (κ2) is 10.1. The highest BCUT2D eigenvalue weighted by molar-refractivity contribution is 7.35. The zero-order valence-electron chi connectivity index (χ0n) is 11.7. The Morgan fingerprint density at radius 2 is 1.89 bits per heavy atom. The highest BCUT2D eigenvalue weighted by Crippen LogP contribution is 2.15. The van der Waals surface area contributed by atoms with Crippen molar-refractivity contribution in [3.8, 4) is 5.75 Å². The normalized spacial score (nSPS) is 15.5. The molecule has 108 valence electrons. The summed E-state index contributed by atoms with van der Waals surface area (Å²) in [7, 11) is 1.08. The lowest BCUT2D eigenvalue weighted by atomic mass is 10.3. The average molecular weight is 287 g/mol. The van der Waals surface area contributed by atoms with E-state index < -0.39 is 0 Å². The molecule has 0 radical (unpaired) electrons. The predicted molar refractivity (Wildman–Crippen MR) is 79.3 cm³/mol. The van der Waals surface area contributed by atoms with E-state index in [1.807, 2.05) is 0 Å². The third-order valence-electron chi connectivity index (χ3n) is 2.61. The second-order valence-corrected chi connectivity index (χ2v) is 5.23. The van der Waals surface area contributed by atoms with Crippen molar-refractivity contribution in [2.75, 3.05) is 52.8 Å². The van der Waals surface area contributed by atoms with Crippen LogP contribution in [-0.4, -0.2) is 57.7 Å². The van der Waals surface area contributed by atoms with E-state index in [1.165, 1.54) is 6.07 Å². The molecule has 0 bridgehead atoms. The van der Waals surface area contributed by atoms with E-state index in [4.69, 9.17) is 9.47 Å². The molecule has 0 aromatic heterocycles. The van der Waals surface area contributed by atoms with Crippen LogP contribution >= 0.6 is 8.58 Å². The van der Waals surface area contributed by atoms with Gasteiger partial charge in [-0.3, -0.25) is 4.90 Å². The predicted octanol–water partition coefficient (Wildman–Crippen LogP) is 2.46. The third kappa shape index (κ3) is 6.86. The Hall–Kier alpha value is -0.700. The Labute approximate surface area is 116 Å². The van der Waals surface area contributed by atoms with Crippen LogP contribution in [0.2, 0.25) is 0 Å². The molecule has 0 unspecified atom stereocenters. The van der Waals surface area contributed by atoms with Crippen molar-refractivity contribution >= 4 is 8.58 Å². The number of benzene rings is 1. The van der Waals surface area contributed by atoms with Crippen molar-refractivity contribution in [3.63, 3.8) is 0 Å². The maximum absolute atomic E-state index is 13.2. The Kier molecular flexibility index (Phi) is 8.72. The second-order valence-electron chi connectivity index (χ2n) is 4.23. The van der Waals surface area contributed by atoms with E-state index in [-0.39, 0.29) is 5.82 Å². The monoisotopic (exact) mass is 287 g/mol. The van der Waals surface area contributed by atoms with Gasteiger partial charge in [0, 0.05) is 19.6 Å². The summed E-state index contributed by atoms with van der Waals surface area (Å²) in [5.74, 6) is 0.0280. The fourth-order valence-corrected chi connectivity index (χ4v) is 1.67. The van der Waals surface area contributed by atoms with Crippen LogP contribution in [0.3, 0.4) is 0 Å². The van der Waals surface area contributed by atoms with Gasteiger partial charge in [0.1, 0.15) is 6.61 Å². The highest BCUT2D eigenvalue weighted by Gasteiger charge is 2.10. The van der Waals surface area contributed by atoms with Gasteiger partial charge < -0.3 is 9.47 Å². The molecule has 1 aromatic carbocycles. The van der Waals surface area contributed by atoms with Crippen molar-refractivity contribution in [2.45, 2.75) is 0 Å². The quantitative estimate of drug-likeness (QED) is 0.794. The maximum Gasteiger partial charge on any atom is 0.165 e. The van der Waals surface area contributed by atoms with Crippen LogP contribution in [0.5, 0.6) is 5.75 Å². The molecule has 0 saturated carbocycles. The van der Waals surface area contributed by atoms with Gasteiger partial charge in [0.05, 0.1) is 13.2 Å². The van der Waals surface area contributed by atoms with E-state index in [9.17, 15) is 4.39 Å². The van der Waals surface area contributed by atoms with Gasteiger partial charge in [0.2, 0.25) is 0 Å². The van der Waals surface area contributed by atoms with Gasteiger partial charge >= 0.3 is 0 Å². The number of ether oxygens (including phenoxy) is 2. The number of rotatable bonds is 4. The summed E-state index contributed by atoms with van der Waals surface area (Å²) in [5.41, 5.74) is 0. The first-order valence-corrected chi connectivity index (χ1v) is 8.54. The molecule has 0 atom stereocenters. The molecule has 1 fully saturated rings. The molecule has 5 heteroatoms. The van der Waals surface area contributed by atoms with Gasteiger partial charge in [-0.1, -0.05) is 12.1 Å². The Bertz CT molecular complexity index is 346. The zero-order valence-corrected chi connectivity index (χ0v) is 12.7. The lowest BCUT2D eigenvalue weighted by Gasteiger charge is -2.26. The minimum absolute atomic E-state index is 0.301. The molecule has 1 aromatic rings. The summed E-state index contributed by atoms with van der Waals surface area (Å²) in [6.45, 7) is 9.05. The lowest BCUT2D eigenvalue weighted by molar-refractivity contribution is 0.0320. The van der Waals surface area contributed by atoms with Gasteiger partial charge in [-0.2, -0.15) is 0 Å². The van der Waals surface area contributed by atoms with Crippen LogP contribution in [-0.2, 0) is 4.74 Å². The van der Waals surface area contributed by atoms with Gasteiger partial charge in [-0.05, 0) is 25.5 Å². The molecule has 19 heavy (non-hydrogen) atoms. The number of hydrogen-bond acceptors (Lipinski definition) is 3. The topological polar surface area (TPSA) is 21.7 Å². The van der Waals surface area contributed by atoms with Crippen molar-refractivity contribution in [3.05, 3.63) is 30.1 Å². The molecule has 1 heterocycles. The molecular formula is C14H23FNO2P. The van der Waals surface area contributed by atoms with Crippen molar-refractivity contribution in [1.29, 1.82) is 0 Å². The van der Waals surface area contributed by atoms with Crippen LogP contribution in [0, 0.1) is 5.82 Å². The first-order chi connectivity index (χ1) is 9.27. The molecule has 0 spiro atoms. The Balaban J connectivity index is 0.000000550. The summed E-state index contributed by atoms with van der Waals surface area (Å²) < 4.78 is 23.8. The number of morpholine rings is 1. The minimum Gasteiger partial charge on any atom is -0.489 e. The highest BCUT2D eigenvalue weighted by atomic mass is 31.1. The molecule has 0 aliphatic carbocycles. The van der Waals surface area contributed by atoms with E-state index in [0.29, 0.717) is 12.4 Å². The van der Waals surface area contributed by atoms with Crippen LogP contribution in [0.15, 0.2) is 24.3 Å². The summed E-state index contributed by atoms with van der Waals surface area (Å²) >= 11 is 0. The molecule has 2 rings (SSSR count). The smallest absolute Gasteiger partial charge is 0.165 e. The van der Waals surface area contributed by atoms with Crippen molar-refractivity contribution < 1.29 is 13.9 Å². The van der Waals surface area contributed by atoms with E-state index >= 15 is 0 Å². The van der Waals surface area contributed by atoms with Gasteiger partial charge in [-0.25, -0.2) is 4.39 Å². The molecule has 0 amide bonds. The fraction of sp³-hybridized carbons (Fsp3) is 0.571. The minimum atomic E-state index is -0.301. The van der Waals surface area contributed by atoms with E-state index in [0.717, 1.165) is 41.4 Å². The molecule has 1 saturated heterocycles. The molecule has 0 N–H and O–H groups in total.